The number of nitrogens with two attached hydrogens (primary N) is 5. The number of unbranched alkanes of at least 4 members (excludes halogenated alkanes) is 1. The van der Waals surface area contributed by atoms with Gasteiger partial charge >= 0.3 is 0 Å². The number of carbonyl (C=O) groups is 2. The van der Waals surface area contributed by atoms with E-state index in [9.17, 15) is 30.0 Å². The summed E-state index contributed by atoms with van der Waals surface area (Å²) in [5, 5.41) is 47.2. The molecular formula is C25H43N11O8. The van der Waals surface area contributed by atoms with Crippen LogP contribution in [0.2, 0.25) is 0 Å². The molecule has 1 saturated heterocycles. The molecular weight excluding hydrogens is 582 g/mol. The first kappa shape index (κ1) is 33.8. The summed E-state index contributed by atoms with van der Waals surface area (Å²) in [6.07, 6.45) is -5.26. The van der Waals surface area contributed by atoms with Crippen molar-refractivity contribution in [2.75, 3.05) is 18.8 Å². The molecule has 2 fully saturated rings. The van der Waals surface area contributed by atoms with Crippen LogP contribution in [0, 0.1) is 0 Å². The van der Waals surface area contributed by atoms with Gasteiger partial charge in [-0.1, -0.05) is 0 Å². The first-order valence-corrected chi connectivity index (χ1v) is 14.4. The number of aromatic nitrogens is 4. The number of amides is 2. The van der Waals surface area contributed by atoms with Crippen LogP contribution < -0.4 is 39.3 Å². The Morgan fingerprint density at radius 1 is 1.05 bits per heavy atom. The zero-order chi connectivity index (χ0) is 32.1. The monoisotopic (exact) mass is 625 g/mol. The van der Waals surface area contributed by atoms with E-state index in [1.807, 2.05) is 0 Å². The molecule has 0 bridgehead atoms. The molecule has 1 aliphatic heterocycles. The highest BCUT2D eigenvalue weighted by molar-refractivity contribution is 5.88. The molecule has 44 heavy (non-hydrogen) atoms. The quantitative estimate of drug-likeness (QED) is 0.0978. The Labute approximate surface area is 252 Å². The summed E-state index contributed by atoms with van der Waals surface area (Å²) in [4.78, 5) is 38.3. The van der Waals surface area contributed by atoms with Gasteiger partial charge in [0.15, 0.2) is 17.8 Å². The molecule has 0 aromatic carbocycles. The highest BCUT2D eigenvalue weighted by Crippen LogP contribution is 2.27. The van der Waals surface area contributed by atoms with Crippen LogP contribution in [0.5, 0.6) is 0 Å². The summed E-state index contributed by atoms with van der Waals surface area (Å²) in [5.41, 5.74) is 30.0. The average molecular weight is 626 g/mol. The maximum Gasteiger partial charge on any atom is 0.242 e. The van der Waals surface area contributed by atoms with E-state index in [2.05, 4.69) is 25.6 Å². The van der Waals surface area contributed by atoms with E-state index in [4.69, 9.17) is 38.1 Å². The number of nitrogens with one attached hydrogen (secondary N) is 2. The number of hydrogen-bond donors (Lipinski definition) is 11. The molecule has 16 N–H and O–H groups in total. The van der Waals surface area contributed by atoms with E-state index in [1.165, 1.54) is 17.2 Å². The average Bonchev–Trinajstić information content (AvgIpc) is 3.40. The molecule has 19 heteroatoms. The van der Waals surface area contributed by atoms with Crippen molar-refractivity contribution in [1.29, 1.82) is 0 Å². The largest absolute Gasteiger partial charge is 0.389 e. The highest BCUT2D eigenvalue weighted by atomic mass is 16.7. The topological polar surface area (TPSA) is 331 Å². The summed E-state index contributed by atoms with van der Waals surface area (Å²) in [5.74, 6) is -0.905. The Morgan fingerprint density at radius 2 is 1.80 bits per heavy atom. The van der Waals surface area contributed by atoms with Gasteiger partial charge in [0.05, 0.1) is 18.5 Å². The van der Waals surface area contributed by atoms with Crippen LogP contribution in [0.15, 0.2) is 12.7 Å². The van der Waals surface area contributed by atoms with Crippen LogP contribution in [0.3, 0.4) is 0 Å². The lowest BCUT2D eigenvalue weighted by Gasteiger charge is -2.46. The van der Waals surface area contributed by atoms with Gasteiger partial charge in [0.2, 0.25) is 11.8 Å². The number of nitrogen functional groups attached to an aromatic ring is 1. The van der Waals surface area contributed by atoms with E-state index in [-0.39, 0.29) is 31.7 Å². The highest BCUT2D eigenvalue weighted by Gasteiger charge is 2.48. The predicted molar refractivity (Wildman–Crippen MR) is 154 cm³/mol. The number of carbonyl (C=O) groups excluding carboxylic acids is 2. The van der Waals surface area contributed by atoms with Crippen molar-refractivity contribution < 1.29 is 39.5 Å². The minimum Gasteiger partial charge on any atom is -0.389 e. The van der Waals surface area contributed by atoms with E-state index >= 15 is 0 Å². The maximum absolute atomic E-state index is 13.2. The van der Waals surface area contributed by atoms with Crippen LogP contribution >= 0.6 is 0 Å². The molecule has 11 atom stereocenters. The molecule has 1 saturated carbocycles. The summed E-state index contributed by atoms with van der Waals surface area (Å²) in [7, 11) is 0. The van der Waals surface area contributed by atoms with Crippen molar-refractivity contribution in [2.24, 2.45) is 22.9 Å². The first-order chi connectivity index (χ1) is 20.9. The number of nitrogens with zero attached hydrogens (tertiary/aromatic N) is 4. The van der Waals surface area contributed by atoms with Gasteiger partial charge in [-0.05, 0) is 32.2 Å². The van der Waals surface area contributed by atoms with Gasteiger partial charge in [0.25, 0.3) is 0 Å². The van der Waals surface area contributed by atoms with E-state index < -0.39 is 78.9 Å². The molecule has 4 rings (SSSR count). The molecule has 0 unspecified atom stereocenters. The van der Waals surface area contributed by atoms with Crippen LogP contribution in [0.25, 0.3) is 11.2 Å². The van der Waals surface area contributed by atoms with Crippen LogP contribution in [0.4, 0.5) is 5.82 Å². The molecule has 19 nitrogen and oxygen atoms in total. The number of aliphatic hydroxyl groups excluding tert-OH is 4. The molecule has 2 aromatic rings. The minimum atomic E-state index is -1.53. The lowest BCUT2D eigenvalue weighted by molar-refractivity contribution is -0.288. The smallest absolute Gasteiger partial charge is 0.242 e. The van der Waals surface area contributed by atoms with Gasteiger partial charge in [0.1, 0.15) is 55.0 Å². The number of anilines is 1. The molecule has 0 spiro atoms. The number of rotatable bonds is 12. The fourth-order valence-corrected chi connectivity index (χ4v) is 5.36. The third kappa shape index (κ3) is 7.57. The first-order valence-electron chi connectivity index (χ1n) is 14.4. The predicted octanol–water partition coefficient (Wildman–Crippen LogP) is -5.92. The second-order valence-electron chi connectivity index (χ2n) is 11.2. The van der Waals surface area contributed by atoms with Crippen molar-refractivity contribution in [2.45, 2.75) is 99.3 Å². The Hall–Kier alpha value is -3.11. The van der Waals surface area contributed by atoms with Gasteiger partial charge in [-0.2, -0.15) is 0 Å². The van der Waals surface area contributed by atoms with Crippen molar-refractivity contribution in [3.63, 3.8) is 0 Å². The molecule has 2 amide bonds. The molecule has 1 aliphatic carbocycles. The van der Waals surface area contributed by atoms with Gasteiger partial charge < -0.3 is 73.8 Å². The van der Waals surface area contributed by atoms with Crippen molar-refractivity contribution in [1.82, 2.24) is 30.2 Å². The van der Waals surface area contributed by atoms with Crippen molar-refractivity contribution >= 4 is 28.8 Å². The zero-order valence-corrected chi connectivity index (χ0v) is 24.1. The van der Waals surface area contributed by atoms with E-state index in [0.29, 0.717) is 30.6 Å². The third-order valence-corrected chi connectivity index (χ3v) is 7.95. The third-order valence-electron chi connectivity index (χ3n) is 7.95. The Balaban J connectivity index is 1.38. The number of imidazole rings is 1. The standard InChI is InChI=1S/C25H43N11O8/c26-4-2-1-3-12(35-14(37)7-36-9-34-16-22(30)32-8-33-23(16)36)24(42)31-6-13-18(39)19(40)15(29)25(43-13)44-21-11(28)5-10(27)17(38)20(21)41/h8-13,15,17-21,25,38-41H,1-7,26-29H2,(H,31,42)(H,35,37)(H2,30,32,33)/t10-,11+,12+,13-,15-,17+,18-,19-,20-,21-,25-/m1/s1. The molecule has 0 radical (unpaired) electrons. The number of fused-ring (bicyclic) bond motifs is 1. The second-order valence-corrected chi connectivity index (χ2v) is 11.2. The lowest BCUT2D eigenvalue weighted by atomic mass is 9.84. The lowest BCUT2D eigenvalue weighted by Crippen LogP contribution is -2.67. The van der Waals surface area contributed by atoms with Gasteiger partial charge in [0, 0.05) is 18.6 Å². The van der Waals surface area contributed by atoms with Gasteiger partial charge in [-0.3, -0.25) is 9.59 Å². The summed E-state index contributed by atoms with van der Waals surface area (Å²) in [6, 6.07) is -3.75. The van der Waals surface area contributed by atoms with Crippen LogP contribution in [0.1, 0.15) is 25.7 Å². The molecule has 2 aliphatic rings. The fraction of sp³-hybridized carbons (Fsp3) is 0.720. The molecule has 246 valence electrons. The zero-order valence-electron chi connectivity index (χ0n) is 24.1. The van der Waals surface area contributed by atoms with E-state index in [1.54, 1.807) is 0 Å². The Morgan fingerprint density at radius 3 is 2.52 bits per heavy atom. The second kappa shape index (κ2) is 14.8. The normalized spacial score (nSPS) is 33.2. The Bertz CT molecular complexity index is 1270. The summed E-state index contributed by atoms with van der Waals surface area (Å²) in [6.45, 7) is -0.0909. The van der Waals surface area contributed by atoms with Gasteiger partial charge in [-0.25, -0.2) is 15.0 Å². The van der Waals surface area contributed by atoms with Crippen molar-refractivity contribution in [3.8, 4) is 0 Å². The summed E-state index contributed by atoms with van der Waals surface area (Å²) >= 11 is 0. The van der Waals surface area contributed by atoms with Crippen LogP contribution in [-0.4, -0.2) is 132 Å². The number of hydrogen-bond acceptors (Lipinski definition) is 16. The minimum absolute atomic E-state index is 0.144. The van der Waals surface area contributed by atoms with E-state index in [0.717, 1.165) is 0 Å². The van der Waals surface area contributed by atoms with Gasteiger partial charge in [-0.15, -0.1) is 0 Å². The summed E-state index contributed by atoms with van der Waals surface area (Å²) < 4.78 is 13.0. The number of aliphatic hydroxyl groups is 4. The van der Waals surface area contributed by atoms with Crippen molar-refractivity contribution in [3.05, 3.63) is 12.7 Å². The SMILES string of the molecule is NCCCC[C@H](NC(=O)Cn1cnc2c(N)ncnc21)C(=O)NC[C@H]1O[C@H](O[C@H]2[C@H](O)[C@@H](O)[C@H](N)C[C@@H]2N)[C@H](N)[C@@H](O)[C@@H]1O. The van der Waals surface area contributed by atoms with Crippen LogP contribution in [-0.2, 0) is 25.6 Å². The Kier molecular flexibility index (Phi) is 11.3. The number of ether oxygens (including phenoxy) is 2. The molecule has 2 aromatic heterocycles. The maximum atomic E-state index is 13.2. The molecule has 3 heterocycles. The fourth-order valence-electron chi connectivity index (χ4n) is 5.36.